The quantitative estimate of drug-likeness (QED) is 0.618. The second kappa shape index (κ2) is 9.89. The van der Waals surface area contributed by atoms with Crippen LogP contribution in [-0.4, -0.2) is 61.3 Å². The van der Waals surface area contributed by atoms with Crippen molar-refractivity contribution in [2.24, 2.45) is 5.92 Å². The molecule has 176 valence electrons. The number of ether oxygens (including phenoxy) is 1. The molecule has 0 saturated heterocycles. The SMILES string of the molecule is CCn1nc(C(=O)NCC2CCC(S(C)(=O)=O)CC2)c(C)c1-c1cnc(NC)cc1OC. The summed E-state index contributed by atoms with van der Waals surface area (Å²) in [5.41, 5.74) is 2.73. The first-order valence-electron chi connectivity index (χ1n) is 11.0. The van der Waals surface area contributed by atoms with Gasteiger partial charge in [-0.2, -0.15) is 5.10 Å². The van der Waals surface area contributed by atoms with E-state index in [1.54, 1.807) is 25.0 Å². The van der Waals surface area contributed by atoms with Crippen molar-refractivity contribution in [2.75, 3.05) is 32.3 Å². The summed E-state index contributed by atoms with van der Waals surface area (Å²) in [5, 5.41) is 10.3. The number of aromatic nitrogens is 3. The molecule has 2 aromatic heterocycles. The van der Waals surface area contributed by atoms with E-state index in [4.69, 9.17) is 4.74 Å². The summed E-state index contributed by atoms with van der Waals surface area (Å²) < 4.78 is 30.8. The van der Waals surface area contributed by atoms with Gasteiger partial charge in [0.1, 0.15) is 21.4 Å². The van der Waals surface area contributed by atoms with Crippen molar-refractivity contribution >= 4 is 21.6 Å². The van der Waals surface area contributed by atoms with Gasteiger partial charge in [0.05, 0.1) is 23.6 Å². The number of anilines is 1. The second-order valence-electron chi connectivity index (χ2n) is 8.34. The Morgan fingerprint density at radius 1 is 1.28 bits per heavy atom. The molecular weight excluding hydrogens is 430 g/mol. The van der Waals surface area contributed by atoms with E-state index >= 15 is 0 Å². The first-order chi connectivity index (χ1) is 15.2. The van der Waals surface area contributed by atoms with Gasteiger partial charge < -0.3 is 15.4 Å². The highest BCUT2D eigenvalue weighted by Crippen LogP contribution is 2.34. The third-order valence-electron chi connectivity index (χ3n) is 6.25. The first kappa shape index (κ1) is 24.0. The van der Waals surface area contributed by atoms with Gasteiger partial charge in [0.15, 0.2) is 5.69 Å². The van der Waals surface area contributed by atoms with Crippen LogP contribution >= 0.6 is 0 Å². The molecule has 1 aliphatic carbocycles. The second-order valence-corrected chi connectivity index (χ2v) is 10.7. The minimum absolute atomic E-state index is 0.222. The summed E-state index contributed by atoms with van der Waals surface area (Å²) in [7, 11) is 0.404. The molecule has 2 N–H and O–H groups in total. The maximum Gasteiger partial charge on any atom is 0.272 e. The Balaban J connectivity index is 1.76. The number of hydrogen-bond donors (Lipinski definition) is 2. The number of sulfone groups is 1. The highest BCUT2D eigenvalue weighted by Gasteiger charge is 2.29. The molecule has 2 heterocycles. The molecule has 0 atom stereocenters. The molecule has 0 spiro atoms. The number of pyridine rings is 1. The van der Waals surface area contributed by atoms with Crippen molar-refractivity contribution < 1.29 is 17.9 Å². The largest absolute Gasteiger partial charge is 0.496 e. The van der Waals surface area contributed by atoms with E-state index in [-0.39, 0.29) is 17.1 Å². The molecule has 2 aromatic rings. The number of hydrogen-bond acceptors (Lipinski definition) is 7. The van der Waals surface area contributed by atoms with E-state index in [0.717, 1.165) is 29.7 Å². The van der Waals surface area contributed by atoms with Crippen LogP contribution in [-0.2, 0) is 16.4 Å². The van der Waals surface area contributed by atoms with Crippen molar-refractivity contribution in [3.63, 3.8) is 0 Å². The summed E-state index contributed by atoms with van der Waals surface area (Å²) in [4.78, 5) is 17.4. The smallest absolute Gasteiger partial charge is 0.272 e. The fourth-order valence-electron chi connectivity index (χ4n) is 4.34. The Hall–Kier alpha value is -2.62. The summed E-state index contributed by atoms with van der Waals surface area (Å²) in [6, 6.07) is 1.81. The molecule has 9 nitrogen and oxygen atoms in total. The van der Waals surface area contributed by atoms with Crippen molar-refractivity contribution in [1.82, 2.24) is 20.1 Å². The van der Waals surface area contributed by atoms with Gasteiger partial charge >= 0.3 is 0 Å². The highest BCUT2D eigenvalue weighted by atomic mass is 32.2. The van der Waals surface area contributed by atoms with Crippen LogP contribution in [0.15, 0.2) is 12.3 Å². The van der Waals surface area contributed by atoms with Crippen molar-refractivity contribution in [1.29, 1.82) is 0 Å². The van der Waals surface area contributed by atoms with Gasteiger partial charge in [0, 0.05) is 44.2 Å². The van der Waals surface area contributed by atoms with E-state index in [0.29, 0.717) is 43.2 Å². The van der Waals surface area contributed by atoms with Gasteiger partial charge in [0.25, 0.3) is 5.91 Å². The van der Waals surface area contributed by atoms with Crippen LogP contribution in [0.2, 0.25) is 0 Å². The molecule has 1 fully saturated rings. The van der Waals surface area contributed by atoms with Crippen molar-refractivity contribution in [2.45, 2.75) is 51.3 Å². The third-order valence-corrected chi connectivity index (χ3v) is 7.93. The molecule has 32 heavy (non-hydrogen) atoms. The lowest BCUT2D eigenvalue weighted by Gasteiger charge is -2.27. The minimum atomic E-state index is -2.99. The van der Waals surface area contributed by atoms with Gasteiger partial charge in [-0.3, -0.25) is 9.48 Å². The van der Waals surface area contributed by atoms with E-state index in [9.17, 15) is 13.2 Å². The van der Waals surface area contributed by atoms with E-state index in [1.165, 1.54) is 6.26 Å². The zero-order chi connectivity index (χ0) is 23.5. The molecule has 1 aliphatic rings. The Bertz CT molecular complexity index is 1070. The predicted molar refractivity (Wildman–Crippen MR) is 125 cm³/mol. The number of amides is 1. The summed E-state index contributed by atoms with van der Waals surface area (Å²) in [6.45, 7) is 4.96. The Morgan fingerprint density at radius 2 is 1.97 bits per heavy atom. The van der Waals surface area contributed by atoms with Gasteiger partial charge in [-0.15, -0.1) is 0 Å². The standard InChI is InChI=1S/C22H33N5O4S/c1-6-27-21(17-13-24-19(23-3)11-18(17)31-4)14(2)20(26-27)22(28)25-12-15-7-9-16(10-8-15)32(5,29)30/h11,13,15-16H,6-10,12H2,1-5H3,(H,23,24)(H,25,28). The number of nitrogens with one attached hydrogen (secondary N) is 2. The van der Waals surface area contributed by atoms with Crippen molar-refractivity contribution in [3.05, 3.63) is 23.5 Å². The lowest BCUT2D eigenvalue weighted by Crippen LogP contribution is -2.34. The zero-order valence-corrected chi connectivity index (χ0v) is 20.3. The molecule has 1 saturated carbocycles. The summed E-state index contributed by atoms with van der Waals surface area (Å²) >= 11 is 0. The van der Waals surface area contributed by atoms with Crippen LogP contribution in [0.5, 0.6) is 5.75 Å². The monoisotopic (exact) mass is 463 g/mol. The number of methoxy groups -OCH3 is 1. The molecule has 3 rings (SSSR count). The maximum absolute atomic E-state index is 13.0. The lowest BCUT2D eigenvalue weighted by atomic mass is 9.89. The minimum Gasteiger partial charge on any atom is -0.496 e. The van der Waals surface area contributed by atoms with E-state index in [1.807, 2.05) is 19.9 Å². The molecular formula is C22H33N5O4S. The highest BCUT2D eigenvalue weighted by molar-refractivity contribution is 7.91. The molecule has 0 bridgehead atoms. The lowest BCUT2D eigenvalue weighted by molar-refractivity contribution is 0.0937. The maximum atomic E-state index is 13.0. The average Bonchev–Trinajstić information content (AvgIpc) is 3.12. The number of rotatable bonds is 8. The Kier molecular flexibility index (Phi) is 7.43. The van der Waals surface area contributed by atoms with E-state index < -0.39 is 9.84 Å². The summed E-state index contributed by atoms with van der Waals surface area (Å²) in [6.07, 6.45) is 5.94. The fourth-order valence-corrected chi connectivity index (χ4v) is 5.47. The normalized spacial score (nSPS) is 18.9. The molecule has 0 aliphatic heterocycles. The number of carbonyl (C=O) groups excluding carboxylic acids is 1. The van der Waals surface area contributed by atoms with Gasteiger partial charge in [-0.1, -0.05) is 0 Å². The predicted octanol–water partition coefficient (Wildman–Crippen LogP) is 2.66. The van der Waals surface area contributed by atoms with Crippen LogP contribution in [0, 0.1) is 12.8 Å². The van der Waals surface area contributed by atoms with Crippen LogP contribution < -0.4 is 15.4 Å². The Labute approximate surface area is 189 Å². The molecule has 1 amide bonds. The molecule has 0 aromatic carbocycles. The first-order valence-corrected chi connectivity index (χ1v) is 12.9. The van der Waals surface area contributed by atoms with E-state index in [2.05, 4.69) is 20.7 Å². The molecule has 0 unspecified atom stereocenters. The zero-order valence-electron chi connectivity index (χ0n) is 19.4. The van der Waals surface area contributed by atoms with Gasteiger partial charge in [-0.05, 0) is 45.4 Å². The number of aryl methyl sites for hydroxylation is 1. The van der Waals surface area contributed by atoms with Crippen LogP contribution in [0.4, 0.5) is 5.82 Å². The topological polar surface area (TPSA) is 115 Å². The van der Waals surface area contributed by atoms with Gasteiger partial charge in [0.2, 0.25) is 0 Å². The van der Waals surface area contributed by atoms with Crippen molar-refractivity contribution in [3.8, 4) is 17.0 Å². The molecule has 0 radical (unpaired) electrons. The Morgan fingerprint density at radius 3 is 2.53 bits per heavy atom. The number of nitrogens with zero attached hydrogens (tertiary/aromatic N) is 3. The summed E-state index contributed by atoms with van der Waals surface area (Å²) in [5.74, 6) is 1.40. The third kappa shape index (κ3) is 5.06. The van der Waals surface area contributed by atoms with Crippen LogP contribution in [0.1, 0.15) is 48.7 Å². The number of carbonyl (C=O) groups is 1. The van der Waals surface area contributed by atoms with Crippen LogP contribution in [0.25, 0.3) is 11.3 Å². The van der Waals surface area contributed by atoms with Crippen LogP contribution in [0.3, 0.4) is 0 Å². The molecule has 10 heteroatoms. The van der Waals surface area contributed by atoms with Gasteiger partial charge in [-0.25, -0.2) is 13.4 Å². The average molecular weight is 464 g/mol. The fraction of sp³-hybridized carbons (Fsp3) is 0.591.